The van der Waals surface area contributed by atoms with E-state index in [1.807, 2.05) is 0 Å². The number of Topliss-reactive ketones (excluding diaryl/α,β-unsaturated/α-hetero) is 1. The summed E-state index contributed by atoms with van der Waals surface area (Å²) >= 11 is 0. The number of rotatable bonds is 1. The van der Waals surface area contributed by atoms with Crippen LogP contribution in [0, 0.1) is 5.82 Å². The highest BCUT2D eigenvalue weighted by Crippen LogP contribution is 2.25. The van der Waals surface area contributed by atoms with Crippen LogP contribution in [0.25, 0.3) is 0 Å². The summed E-state index contributed by atoms with van der Waals surface area (Å²) in [5.74, 6) is -0.576. The molecule has 0 spiro atoms. The number of fused-ring (bicyclic) bond motifs is 1. The fraction of sp³-hybridized carbons (Fsp3) is 0.333. The summed E-state index contributed by atoms with van der Waals surface area (Å²) in [6.45, 7) is 0.263. The molecule has 18 heavy (non-hydrogen) atoms. The number of alkyl carbamates (subject to hydrolysis) is 1. The molecular formula is C12H12FNO4. The number of amides is 1. The molecule has 0 saturated carbocycles. The van der Waals surface area contributed by atoms with Crippen LogP contribution < -0.4 is 10.1 Å². The Labute approximate surface area is 103 Å². The van der Waals surface area contributed by atoms with Gasteiger partial charge in [-0.3, -0.25) is 4.79 Å². The van der Waals surface area contributed by atoms with Gasteiger partial charge in [-0.05, 0) is 18.2 Å². The van der Waals surface area contributed by atoms with Gasteiger partial charge in [-0.15, -0.1) is 0 Å². The van der Waals surface area contributed by atoms with Gasteiger partial charge in [0.15, 0.2) is 5.78 Å². The molecule has 1 heterocycles. The number of benzene rings is 1. The zero-order chi connectivity index (χ0) is 13.1. The van der Waals surface area contributed by atoms with E-state index in [0.29, 0.717) is 12.2 Å². The average Bonchev–Trinajstić information content (AvgIpc) is 2.51. The number of ether oxygens (including phenoxy) is 2. The summed E-state index contributed by atoms with van der Waals surface area (Å²) in [5.41, 5.74) is 0.133. The molecule has 1 unspecified atom stereocenters. The minimum atomic E-state index is -0.763. The molecule has 0 aliphatic carbocycles. The quantitative estimate of drug-likeness (QED) is 0.824. The topological polar surface area (TPSA) is 64.6 Å². The molecule has 0 radical (unpaired) electrons. The lowest BCUT2D eigenvalue weighted by molar-refractivity contribution is 0.0928. The van der Waals surface area contributed by atoms with E-state index in [0.717, 1.165) is 6.07 Å². The van der Waals surface area contributed by atoms with Crippen LogP contribution in [0.15, 0.2) is 18.2 Å². The number of ketones is 1. The molecule has 1 aliphatic heterocycles. The molecule has 1 aromatic rings. The second-order valence-corrected chi connectivity index (χ2v) is 3.83. The second-order valence-electron chi connectivity index (χ2n) is 3.83. The number of halogens is 1. The van der Waals surface area contributed by atoms with Crippen LogP contribution in [0.3, 0.4) is 0 Å². The SMILES string of the molecule is COC(=O)NC1CCOc2ccc(F)cc2C1=O. The third-order valence-corrected chi connectivity index (χ3v) is 2.67. The minimum Gasteiger partial charge on any atom is -0.493 e. The highest BCUT2D eigenvalue weighted by atomic mass is 19.1. The number of carbonyl (C=O) groups excluding carboxylic acids is 2. The first-order valence-corrected chi connectivity index (χ1v) is 5.43. The van der Waals surface area contributed by atoms with Gasteiger partial charge in [-0.25, -0.2) is 9.18 Å². The Kier molecular flexibility index (Phi) is 3.45. The first-order valence-electron chi connectivity index (χ1n) is 5.43. The number of hydrogen-bond donors (Lipinski definition) is 1. The molecule has 1 aromatic carbocycles. The van der Waals surface area contributed by atoms with Gasteiger partial charge in [0.25, 0.3) is 0 Å². The Bertz CT molecular complexity index is 489. The summed E-state index contributed by atoms with van der Waals surface area (Å²) in [6, 6.07) is 2.97. The summed E-state index contributed by atoms with van der Waals surface area (Å²) in [7, 11) is 1.21. The van der Waals surface area contributed by atoms with E-state index >= 15 is 0 Å². The molecule has 1 amide bonds. The smallest absolute Gasteiger partial charge is 0.407 e. The number of carbonyl (C=O) groups is 2. The molecular weight excluding hydrogens is 241 g/mol. The molecule has 6 heteroatoms. The van der Waals surface area contributed by atoms with Gasteiger partial charge in [-0.2, -0.15) is 0 Å². The lowest BCUT2D eigenvalue weighted by Crippen LogP contribution is -2.40. The van der Waals surface area contributed by atoms with Crippen molar-refractivity contribution >= 4 is 11.9 Å². The van der Waals surface area contributed by atoms with Crippen LogP contribution in [0.5, 0.6) is 5.75 Å². The fourth-order valence-corrected chi connectivity index (χ4v) is 1.77. The zero-order valence-corrected chi connectivity index (χ0v) is 9.73. The molecule has 1 N–H and O–H groups in total. The largest absolute Gasteiger partial charge is 0.493 e. The van der Waals surface area contributed by atoms with E-state index in [1.54, 1.807) is 0 Å². The lowest BCUT2D eigenvalue weighted by atomic mass is 10.0. The molecule has 1 atom stereocenters. The maximum atomic E-state index is 13.1. The summed E-state index contributed by atoms with van der Waals surface area (Å²) in [4.78, 5) is 23.2. The maximum absolute atomic E-state index is 13.1. The van der Waals surface area contributed by atoms with E-state index in [-0.39, 0.29) is 18.0 Å². The Morgan fingerprint density at radius 2 is 2.33 bits per heavy atom. The van der Waals surface area contributed by atoms with Crippen LogP contribution in [0.2, 0.25) is 0 Å². The van der Waals surface area contributed by atoms with Crippen molar-refractivity contribution in [2.45, 2.75) is 12.5 Å². The third kappa shape index (κ3) is 2.42. The molecule has 0 fully saturated rings. The predicted molar refractivity (Wildman–Crippen MR) is 60.2 cm³/mol. The van der Waals surface area contributed by atoms with Gasteiger partial charge >= 0.3 is 6.09 Å². The predicted octanol–water partition coefficient (Wildman–Crippen LogP) is 1.52. The third-order valence-electron chi connectivity index (χ3n) is 2.67. The zero-order valence-electron chi connectivity index (χ0n) is 9.73. The highest BCUT2D eigenvalue weighted by Gasteiger charge is 2.28. The fourth-order valence-electron chi connectivity index (χ4n) is 1.77. The Morgan fingerprint density at radius 3 is 3.06 bits per heavy atom. The highest BCUT2D eigenvalue weighted by molar-refractivity contribution is 6.03. The first kappa shape index (κ1) is 12.3. The van der Waals surface area contributed by atoms with E-state index < -0.39 is 18.0 Å². The second kappa shape index (κ2) is 5.03. The van der Waals surface area contributed by atoms with Crippen LogP contribution in [-0.2, 0) is 4.74 Å². The number of hydrogen-bond acceptors (Lipinski definition) is 4. The monoisotopic (exact) mass is 253 g/mol. The van der Waals surface area contributed by atoms with Crippen molar-refractivity contribution in [3.63, 3.8) is 0 Å². The van der Waals surface area contributed by atoms with Crippen molar-refractivity contribution in [2.75, 3.05) is 13.7 Å². The standard InChI is InChI=1S/C12H12FNO4/c1-17-12(16)14-9-4-5-18-10-3-2-7(13)6-8(10)11(9)15/h2-3,6,9H,4-5H2,1H3,(H,14,16). The van der Waals surface area contributed by atoms with E-state index in [9.17, 15) is 14.0 Å². The van der Waals surface area contributed by atoms with E-state index in [1.165, 1.54) is 19.2 Å². The molecule has 0 bridgehead atoms. The molecule has 0 aromatic heterocycles. The first-order chi connectivity index (χ1) is 8.61. The van der Waals surface area contributed by atoms with Crippen LogP contribution >= 0.6 is 0 Å². The van der Waals surface area contributed by atoms with Crippen molar-refractivity contribution < 1.29 is 23.5 Å². The molecule has 0 saturated heterocycles. The maximum Gasteiger partial charge on any atom is 0.407 e. The van der Waals surface area contributed by atoms with Crippen molar-refractivity contribution in [1.29, 1.82) is 0 Å². The van der Waals surface area contributed by atoms with Crippen molar-refractivity contribution in [3.05, 3.63) is 29.6 Å². The average molecular weight is 253 g/mol. The normalized spacial score (nSPS) is 18.3. The summed E-state index contributed by atoms with van der Waals surface area (Å²) in [6.07, 6.45) is -0.391. The Morgan fingerprint density at radius 1 is 1.56 bits per heavy atom. The molecule has 5 nitrogen and oxygen atoms in total. The van der Waals surface area contributed by atoms with Crippen LogP contribution in [-0.4, -0.2) is 31.6 Å². The van der Waals surface area contributed by atoms with Crippen molar-refractivity contribution in [2.24, 2.45) is 0 Å². The van der Waals surface area contributed by atoms with Gasteiger partial charge in [0.2, 0.25) is 0 Å². The van der Waals surface area contributed by atoms with Gasteiger partial charge in [0, 0.05) is 6.42 Å². The molecule has 96 valence electrons. The van der Waals surface area contributed by atoms with Crippen LogP contribution in [0.4, 0.5) is 9.18 Å². The minimum absolute atomic E-state index is 0.133. The van der Waals surface area contributed by atoms with Gasteiger partial charge in [-0.1, -0.05) is 0 Å². The summed E-state index contributed by atoms with van der Waals surface area (Å²) in [5, 5.41) is 2.41. The number of methoxy groups -OCH3 is 1. The van der Waals surface area contributed by atoms with Gasteiger partial charge in [0.1, 0.15) is 11.6 Å². The molecule has 2 rings (SSSR count). The van der Waals surface area contributed by atoms with Crippen molar-refractivity contribution in [1.82, 2.24) is 5.32 Å². The Hall–Kier alpha value is -2.11. The van der Waals surface area contributed by atoms with Gasteiger partial charge in [0.05, 0.1) is 25.3 Å². The Balaban J connectivity index is 2.28. The number of nitrogens with one attached hydrogen (secondary N) is 1. The summed E-state index contributed by atoms with van der Waals surface area (Å²) < 4.78 is 22.9. The lowest BCUT2D eigenvalue weighted by Gasteiger charge is -2.13. The van der Waals surface area contributed by atoms with Crippen LogP contribution in [0.1, 0.15) is 16.8 Å². The van der Waals surface area contributed by atoms with E-state index in [4.69, 9.17) is 4.74 Å². The van der Waals surface area contributed by atoms with Gasteiger partial charge < -0.3 is 14.8 Å². The van der Waals surface area contributed by atoms with Crippen molar-refractivity contribution in [3.8, 4) is 5.75 Å². The van der Waals surface area contributed by atoms with E-state index in [2.05, 4.69) is 10.1 Å². The molecule has 1 aliphatic rings.